The number of unbranched alkanes of at least 4 members (excludes halogenated alkanes) is 1. The normalized spacial score (nSPS) is 9.24. The Bertz CT molecular complexity index is 334. The molecule has 0 saturated carbocycles. The van der Waals surface area contributed by atoms with Crippen LogP contribution in [0.15, 0.2) is 29.3 Å². The van der Waals surface area contributed by atoms with Gasteiger partial charge in [0.15, 0.2) is 5.96 Å². The second kappa shape index (κ2) is 9.09. The first-order chi connectivity index (χ1) is 7.72. The highest BCUT2D eigenvalue weighted by molar-refractivity contribution is 14.0. The number of aryl methyl sites for hydroxylation is 1. The van der Waals surface area contributed by atoms with E-state index in [0.717, 1.165) is 25.0 Å². The van der Waals surface area contributed by atoms with Gasteiger partial charge in [0.1, 0.15) is 5.75 Å². The average molecular weight is 349 g/mol. The summed E-state index contributed by atoms with van der Waals surface area (Å²) in [6.07, 6.45) is 3.14. The zero-order valence-electron chi connectivity index (χ0n) is 10.1. The van der Waals surface area contributed by atoms with E-state index in [2.05, 4.69) is 17.1 Å². The van der Waals surface area contributed by atoms with Crippen LogP contribution in [0.2, 0.25) is 0 Å². The van der Waals surface area contributed by atoms with Gasteiger partial charge >= 0.3 is 0 Å². The largest absolute Gasteiger partial charge is 0.497 e. The minimum atomic E-state index is 0. The Labute approximate surface area is 119 Å². The molecule has 0 heterocycles. The Morgan fingerprint density at radius 1 is 1.18 bits per heavy atom. The highest BCUT2D eigenvalue weighted by atomic mass is 127. The molecule has 1 aromatic rings. The number of ether oxygens (including phenoxy) is 1. The van der Waals surface area contributed by atoms with Crippen molar-refractivity contribution in [2.75, 3.05) is 13.7 Å². The molecule has 0 aliphatic rings. The lowest BCUT2D eigenvalue weighted by Gasteiger charge is -2.02. The molecule has 4 nitrogen and oxygen atoms in total. The van der Waals surface area contributed by atoms with Gasteiger partial charge in [-0.05, 0) is 37.0 Å². The van der Waals surface area contributed by atoms with E-state index in [4.69, 9.17) is 16.2 Å². The third-order valence-electron chi connectivity index (χ3n) is 2.33. The van der Waals surface area contributed by atoms with Crippen molar-refractivity contribution in [3.8, 4) is 5.75 Å². The van der Waals surface area contributed by atoms with Crippen molar-refractivity contribution < 1.29 is 4.74 Å². The fourth-order valence-electron chi connectivity index (χ4n) is 1.44. The summed E-state index contributed by atoms with van der Waals surface area (Å²) >= 11 is 0. The number of guanidine groups is 1. The van der Waals surface area contributed by atoms with Gasteiger partial charge in [-0.25, -0.2) is 0 Å². The summed E-state index contributed by atoms with van der Waals surface area (Å²) in [5.41, 5.74) is 11.8. The lowest BCUT2D eigenvalue weighted by molar-refractivity contribution is 0.414. The van der Waals surface area contributed by atoms with Gasteiger partial charge in [0.2, 0.25) is 0 Å². The van der Waals surface area contributed by atoms with Crippen molar-refractivity contribution >= 4 is 29.9 Å². The summed E-state index contributed by atoms with van der Waals surface area (Å²) in [4.78, 5) is 3.94. The summed E-state index contributed by atoms with van der Waals surface area (Å²) in [6.45, 7) is 0.707. The fraction of sp³-hybridized carbons (Fsp3) is 0.417. The van der Waals surface area contributed by atoms with Crippen LogP contribution in [-0.2, 0) is 6.42 Å². The monoisotopic (exact) mass is 349 g/mol. The van der Waals surface area contributed by atoms with E-state index in [1.165, 1.54) is 5.56 Å². The van der Waals surface area contributed by atoms with E-state index in [1.807, 2.05) is 12.1 Å². The van der Waals surface area contributed by atoms with Crippen LogP contribution < -0.4 is 16.2 Å². The molecule has 1 aromatic carbocycles. The van der Waals surface area contributed by atoms with Crippen LogP contribution in [0, 0.1) is 0 Å². The Morgan fingerprint density at radius 3 is 2.35 bits per heavy atom. The first-order valence-corrected chi connectivity index (χ1v) is 5.40. The first kappa shape index (κ1) is 16.0. The van der Waals surface area contributed by atoms with Gasteiger partial charge in [0, 0.05) is 6.54 Å². The Balaban J connectivity index is 0.00000256. The molecule has 0 aliphatic carbocycles. The van der Waals surface area contributed by atoms with Crippen LogP contribution in [-0.4, -0.2) is 19.6 Å². The maximum Gasteiger partial charge on any atom is 0.185 e. The van der Waals surface area contributed by atoms with E-state index < -0.39 is 0 Å². The zero-order valence-corrected chi connectivity index (χ0v) is 12.4. The predicted octanol–water partition coefficient (Wildman–Crippen LogP) is 1.91. The molecule has 0 spiro atoms. The number of hydrogen-bond donors (Lipinski definition) is 2. The minimum Gasteiger partial charge on any atom is -0.497 e. The molecule has 0 saturated heterocycles. The molecule has 1 rings (SSSR count). The third kappa shape index (κ3) is 7.04. The van der Waals surface area contributed by atoms with E-state index in [1.54, 1.807) is 7.11 Å². The number of halogens is 1. The maximum absolute atomic E-state index is 5.23. The number of nitrogens with zero attached hydrogens (tertiary/aromatic N) is 1. The molecule has 17 heavy (non-hydrogen) atoms. The van der Waals surface area contributed by atoms with Gasteiger partial charge < -0.3 is 16.2 Å². The molecule has 0 atom stereocenters. The highest BCUT2D eigenvalue weighted by Crippen LogP contribution is 2.13. The second-order valence-electron chi connectivity index (χ2n) is 3.61. The van der Waals surface area contributed by atoms with Crippen molar-refractivity contribution in [3.63, 3.8) is 0 Å². The molecule has 0 aromatic heterocycles. The van der Waals surface area contributed by atoms with Gasteiger partial charge in [-0.3, -0.25) is 4.99 Å². The smallest absolute Gasteiger partial charge is 0.185 e. The molecule has 96 valence electrons. The third-order valence-corrected chi connectivity index (χ3v) is 2.33. The van der Waals surface area contributed by atoms with Gasteiger partial charge in [-0.1, -0.05) is 12.1 Å². The predicted molar refractivity (Wildman–Crippen MR) is 82.0 cm³/mol. The standard InChI is InChI=1S/C12H19N3O.HI/c1-16-11-7-5-10(6-8-11)4-2-3-9-15-12(13)14;/h5-8H,2-4,9H2,1H3,(H4,13,14,15);1H. The van der Waals surface area contributed by atoms with E-state index in [-0.39, 0.29) is 29.9 Å². The van der Waals surface area contributed by atoms with Crippen LogP contribution in [0.4, 0.5) is 0 Å². The number of benzene rings is 1. The number of nitrogens with two attached hydrogens (primary N) is 2. The van der Waals surface area contributed by atoms with Gasteiger partial charge in [0.25, 0.3) is 0 Å². The Hall–Kier alpha value is -0.980. The number of methoxy groups -OCH3 is 1. The molecule has 0 unspecified atom stereocenters. The van der Waals surface area contributed by atoms with Crippen molar-refractivity contribution in [1.82, 2.24) is 0 Å². The molecule has 0 fully saturated rings. The first-order valence-electron chi connectivity index (χ1n) is 5.40. The second-order valence-corrected chi connectivity index (χ2v) is 3.61. The van der Waals surface area contributed by atoms with Crippen LogP contribution >= 0.6 is 24.0 Å². The molecule has 4 N–H and O–H groups in total. The summed E-state index contributed by atoms with van der Waals surface area (Å²) in [5.74, 6) is 1.06. The highest BCUT2D eigenvalue weighted by Gasteiger charge is 1.94. The SMILES string of the molecule is COc1ccc(CCCCN=C(N)N)cc1.I. The minimum absolute atomic E-state index is 0. The Kier molecular flexibility index (Phi) is 8.57. The molecule has 0 aliphatic heterocycles. The average Bonchev–Trinajstić information content (AvgIpc) is 2.29. The zero-order chi connectivity index (χ0) is 11.8. The van der Waals surface area contributed by atoms with Crippen molar-refractivity contribution in [1.29, 1.82) is 0 Å². The van der Waals surface area contributed by atoms with E-state index >= 15 is 0 Å². The van der Waals surface area contributed by atoms with Gasteiger partial charge in [-0.2, -0.15) is 0 Å². The van der Waals surface area contributed by atoms with Gasteiger partial charge in [0.05, 0.1) is 7.11 Å². The quantitative estimate of drug-likeness (QED) is 0.357. The molecular weight excluding hydrogens is 329 g/mol. The summed E-state index contributed by atoms with van der Waals surface area (Å²) < 4.78 is 5.09. The summed E-state index contributed by atoms with van der Waals surface area (Å²) in [5, 5.41) is 0. The molecule has 0 radical (unpaired) electrons. The molecular formula is C12H20IN3O. The summed E-state index contributed by atoms with van der Waals surface area (Å²) in [6, 6.07) is 8.12. The lowest BCUT2D eigenvalue weighted by atomic mass is 10.1. The number of rotatable bonds is 6. The molecule has 0 bridgehead atoms. The number of aliphatic imine (C=N–C) groups is 1. The van der Waals surface area contributed by atoms with Crippen LogP contribution in [0.3, 0.4) is 0 Å². The fourth-order valence-corrected chi connectivity index (χ4v) is 1.44. The van der Waals surface area contributed by atoms with Crippen LogP contribution in [0.25, 0.3) is 0 Å². The number of hydrogen-bond acceptors (Lipinski definition) is 2. The molecule has 5 heteroatoms. The molecule has 0 amide bonds. The van der Waals surface area contributed by atoms with E-state index in [9.17, 15) is 0 Å². The van der Waals surface area contributed by atoms with Gasteiger partial charge in [-0.15, -0.1) is 24.0 Å². The van der Waals surface area contributed by atoms with Crippen LogP contribution in [0.5, 0.6) is 5.75 Å². The van der Waals surface area contributed by atoms with Crippen LogP contribution in [0.1, 0.15) is 18.4 Å². The topological polar surface area (TPSA) is 73.6 Å². The van der Waals surface area contributed by atoms with E-state index in [0.29, 0.717) is 6.54 Å². The Morgan fingerprint density at radius 2 is 1.82 bits per heavy atom. The maximum atomic E-state index is 5.23. The van der Waals surface area contributed by atoms with Crippen molar-refractivity contribution in [2.45, 2.75) is 19.3 Å². The lowest BCUT2D eigenvalue weighted by Crippen LogP contribution is -2.22. The van der Waals surface area contributed by atoms with Crippen molar-refractivity contribution in [2.24, 2.45) is 16.5 Å². The summed E-state index contributed by atoms with van der Waals surface area (Å²) in [7, 11) is 1.67. The van der Waals surface area contributed by atoms with Crippen molar-refractivity contribution in [3.05, 3.63) is 29.8 Å².